The minimum atomic E-state index is -0.182. The molecule has 1 heterocycles. The Bertz CT molecular complexity index is 468. The highest BCUT2D eigenvalue weighted by Crippen LogP contribution is 2.40. The summed E-state index contributed by atoms with van der Waals surface area (Å²) >= 11 is 0. The van der Waals surface area contributed by atoms with Gasteiger partial charge < -0.3 is 4.74 Å². The molecule has 0 bridgehead atoms. The maximum absolute atomic E-state index is 12.3. The number of rotatable bonds is 3. The van der Waals surface area contributed by atoms with Gasteiger partial charge in [0.15, 0.2) is 0 Å². The fourth-order valence-electron chi connectivity index (χ4n) is 3.05. The van der Waals surface area contributed by atoms with Gasteiger partial charge in [-0.3, -0.25) is 9.78 Å². The average molecular weight is 261 g/mol. The zero-order chi connectivity index (χ0) is 14.0. The molecule has 2 unspecified atom stereocenters. The third-order valence-electron chi connectivity index (χ3n) is 4.45. The highest BCUT2D eigenvalue weighted by Gasteiger charge is 2.39. The van der Waals surface area contributed by atoms with Crippen LogP contribution in [0.4, 0.5) is 0 Å². The third kappa shape index (κ3) is 2.80. The Morgan fingerprint density at radius 3 is 2.68 bits per heavy atom. The van der Waals surface area contributed by atoms with E-state index in [0.29, 0.717) is 18.1 Å². The smallest absolute Gasteiger partial charge is 0.137 e. The summed E-state index contributed by atoms with van der Waals surface area (Å²) in [5.74, 6) is 1.77. The van der Waals surface area contributed by atoms with Crippen molar-refractivity contribution in [1.29, 1.82) is 0 Å². The minimum absolute atomic E-state index is 0.0950. The largest absolute Gasteiger partial charge is 0.495 e. The Balaban J connectivity index is 2.27. The van der Waals surface area contributed by atoms with Gasteiger partial charge in [-0.2, -0.15) is 0 Å². The lowest BCUT2D eigenvalue weighted by Gasteiger charge is -2.37. The Kier molecular flexibility index (Phi) is 3.93. The van der Waals surface area contributed by atoms with Crippen LogP contribution in [0.3, 0.4) is 0 Å². The van der Waals surface area contributed by atoms with Crippen LogP contribution in [0, 0.1) is 11.8 Å². The number of hydrogen-bond acceptors (Lipinski definition) is 3. The zero-order valence-corrected chi connectivity index (χ0v) is 12.3. The van der Waals surface area contributed by atoms with Crippen molar-refractivity contribution in [3.63, 3.8) is 0 Å². The summed E-state index contributed by atoms with van der Waals surface area (Å²) in [5.41, 5.74) is 0.901. The van der Waals surface area contributed by atoms with Gasteiger partial charge in [0.1, 0.15) is 11.5 Å². The van der Waals surface area contributed by atoms with Crippen molar-refractivity contribution < 1.29 is 9.53 Å². The Labute approximate surface area is 115 Å². The standard InChI is InChI=1S/C16H23NO2/c1-11-5-6-14(15(18)7-11)16(2,3)12-8-13(19-4)10-17-9-12/h8-11,14H,5-7H2,1-4H3. The molecule has 1 aliphatic carbocycles. The molecule has 0 saturated heterocycles. The number of methoxy groups -OCH3 is 1. The van der Waals surface area contributed by atoms with Gasteiger partial charge in [-0.15, -0.1) is 0 Å². The highest BCUT2D eigenvalue weighted by molar-refractivity contribution is 5.83. The molecule has 3 heteroatoms. The van der Waals surface area contributed by atoms with E-state index in [0.717, 1.165) is 24.2 Å². The lowest BCUT2D eigenvalue weighted by Crippen LogP contribution is -2.38. The SMILES string of the molecule is COc1cncc(C(C)(C)C2CCC(C)CC2=O)c1. The van der Waals surface area contributed by atoms with Crippen LogP contribution in [0.25, 0.3) is 0 Å². The van der Waals surface area contributed by atoms with E-state index in [1.807, 2.05) is 12.3 Å². The molecule has 3 nitrogen and oxygen atoms in total. The highest BCUT2D eigenvalue weighted by atomic mass is 16.5. The molecule has 0 aliphatic heterocycles. The molecule has 1 aromatic heterocycles. The van der Waals surface area contributed by atoms with Crippen LogP contribution in [0.15, 0.2) is 18.5 Å². The topological polar surface area (TPSA) is 39.2 Å². The van der Waals surface area contributed by atoms with E-state index in [4.69, 9.17) is 4.74 Å². The minimum Gasteiger partial charge on any atom is -0.495 e. The summed E-state index contributed by atoms with van der Waals surface area (Å²) in [6, 6.07) is 2.00. The molecule has 1 aliphatic rings. The van der Waals surface area contributed by atoms with E-state index in [2.05, 4.69) is 25.8 Å². The predicted molar refractivity (Wildman–Crippen MR) is 75.3 cm³/mol. The second-order valence-electron chi connectivity index (χ2n) is 6.24. The third-order valence-corrected chi connectivity index (χ3v) is 4.45. The van der Waals surface area contributed by atoms with Crippen LogP contribution >= 0.6 is 0 Å². The molecule has 2 atom stereocenters. The number of carbonyl (C=O) groups is 1. The Hall–Kier alpha value is -1.38. The molecule has 0 spiro atoms. The molecule has 19 heavy (non-hydrogen) atoms. The van der Waals surface area contributed by atoms with Crippen LogP contribution in [0.5, 0.6) is 5.75 Å². The zero-order valence-electron chi connectivity index (χ0n) is 12.3. The normalized spacial score (nSPS) is 24.3. The number of ketones is 1. The fraction of sp³-hybridized carbons (Fsp3) is 0.625. The van der Waals surface area contributed by atoms with E-state index >= 15 is 0 Å². The van der Waals surface area contributed by atoms with Crippen LogP contribution in [0.1, 0.15) is 45.6 Å². The maximum atomic E-state index is 12.3. The summed E-state index contributed by atoms with van der Waals surface area (Å²) in [7, 11) is 1.64. The average Bonchev–Trinajstić information content (AvgIpc) is 2.38. The van der Waals surface area contributed by atoms with E-state index in [9.17, 15) is 4.79 Å². The van der Waals surface area contributed by atoms with E-state index in [-0.39, 0.29) is 11.3 Å². The van der Waals surface area contributed by atoms with Gasteiger partial charge in [-0.05, 0) is 30.4 Å². The lowest BCUT2D eigenvalue weighted by atomic mass is 9.65. The van der Waals surface area contributed by atoms with Gasteiger partial charge in [0.05, 0.1) is 13.3 Å². The van der Waals surface area contributed by atoms with Crippen molar-refractivity contribution in [2.45, 2.75) is 45.4 Å². The van der Waals surface area contributed by atoms with Crippen molar-refractivity contribution in [2.24, 2.45) is 11.8 Å². The van der Waals surface area contributed by atoms with Crippen molar-refractivity contribution in [1.82, 2.24) is 4.98 Å². The van der Waals surface area contributed by atoms with Crippen molar-refractivity contribution in [2.75, 3.05) is 7.11 Å². The number of aromatic nitrogens is 1. The van der Waals surface area contributed by atoms with Crippen LogP contribution in [0.2, 0.25) is 0 Å². The molecule has 0 N–H and O–H groups in total. The second-order valence-corrected chi connectivity index (χ2v) is 6.24. The fourth-order valence-corrected chi connectivity index (χ4v) is 3.05. The Morgan fingerprint density at radius 1 is 1.32 bits per heavy atom. The van der Waals surface area contributed by atoms with E-state index in [1.165, 1.54) is 0 Å². The first-order valence-electron chi connectivity index (χ1n) is 6.97. The molecular weight excluding hydrogens is 238 g/mol. The monoisotopic (exact) mass is 261 g/mol. The van der Waals surface area contributed by atoms with Gasteiger partial charge in [0.25, 0.3) is 0 Å². The molecule has 0 aromatic carbocycles. The predicted octanol–water partition coefficient (Wildman–Crippen LogP) is 3.37. The van der Waals surface area contributed by atoms with Gasteiger partial charge >= 0.3 is 0 Å². The summed E-state index contributed by atoms with van der Waals surface area (Å²) in [6.45, 7) is 6.44. The molecule has 1 saturated carbocycles. The molecule has 104 valence electrons. The van der Waals surface area contributed by atoms with Gasteiger partial charge in [-0.1, -0.05) is 20.8 Å². The summed E-state index contributed by atoms with van der Waals surface area (Å²) in [5, 5.41) is 0. The first-order valence-corrected chi connectivity index (χ1v) is 6.97. The molecule has 0 amide bonds. The summed E-state index contributed by atoms with van der Waals surface area (Å²) in [4.78, 5) is 16.5. The second kappa shape index (κ2) is 5.32. The van der Waals surface area contributed by atoms with E-state index in [1.54, 1.807) is 13.3 Å². The Morgan fingerprint density at radius 2 is 2.05 bits per heavy atom. The van der Waals surface area contributed by atoms with Crippen molar-refractivity contribution >= 4 is 5.78 Å². The number of ether oxygens (including phenoxy) is 1. The molecule has 1 aromatic rings. The first kappa shape index (κ1) is 14.0. The van der Waals surface area contributed by atoms with Crippen LogP contribution in [-0.2, 0) is 10.2 Å². The molecule has 0 radical (unpaired) electrons. The van der Waals surface area contributed by atoms with Gasteiger partial charge in [0, 0.05) is 24.0 Å². The summed E-state index contributed by atoms with van der Waals surface area (Å²) in [6.07, 6.45) is 6.38. The van der Waals surface area contributed by atoms with Crippen LogP contribution < -0.4 is 4.74 Å². The molecule has 1 fully saturated rings. The quantitative estimate of drug-likeness (QED) is 0.837. The molecule has 2 rings (SSSR count). The first-order chi connectivity index (χ1) is 8.95. The van der Waals surface area contributed by atoms with Crippen molar-refractivity contribution in [3.05, 3.63) is 24.0 Å². The van der Waals surface area contributed by atoms with Crippen molar-refractivity contribution in [3.8, 4) is 5.75 Å². The number of hydrogen-bond donors (Lipinski definition) is 0. The number of nitrogens with zero attached hydrogens (tertiary/aromatic N) is 1. The maximum Gasteiger partial charge on any atom is 0.137 e. The summed E-state index contributed by atoms with van der Waals surface area (Å²) < 4.78 is 5.23. The molecular formula is C16H23NO2. The number of pyridine rings is 1. The van der Waals surface area contributed by atoms with Crippen LogP contribution in [-0.4, -0.2) is 17.9 Å². The lowest BCUT2D eigenvalue weighted by molar-refractivity contribution is -0.128. The van der Waals surface area contributed by atoms with E-state index < -0.39 is 0 Å². The number of Topliss-reactive ketones (excluding diaryl/α,β-unsaturated/α-hetero) is 1. The van der Waals surface area contributed by atoms with Gasteiger partial charge in [-0.25, -0.2) is 0 Å². The number of carbonyl (C=O) groups excluding carboxylic acids is 1. The van der Waals surface area contributed by atoms with Gasteiger partial charge in [0.2, 0.25) is 0 Å².